The number of carbonyl (C=O) groups excluding carboxylic acids is 2. The van der Waals surface area contributed by atoms with Gasteiger partial charge in [0, 0.05) is 12.1 Å². The van der Waals surface area contributed by atoms with Crippen LogP contribution in [-0.2, 0) is 9.59 Å². The summed E-state index contributed by atoms with van der Waals surface area (Å²) < 4.78 is 0. The monoisotopic (exact) mass is 323 g/mol. The Morgan fingerprint density at radius 2 is 1.74 bits per heavy atom. The van der Waals surface area contributed by atoms with Crippen molar-refractivity contribution in [3.05, 3.63) is 0 Å². The second-order valence-corrected chi connectivity index (χ2v) is 6.69. The van der Waals surface area contributed by atoms with Crippen molar-refractivity contribution in [2.45, 2.75) is 96.5 Å². The van der Waals surface area contributed by atoms with Gasteiger partial charge in [0.2, 0.25) is 0 Å². The van der Waals surface area contributed by atoms with E-state index in [1.54, 1.807) is 0 Å². The Balaban J connectivity index is 2.09. The molecule has 4 heteroatoms. The van der Waals surface area contributed by atoms with E-state index in [-0.39, 0.29) is 24.5 Å². The van der Waals surface area contributed by atoms with Crippen LogP contribution < -0.4 is 0 Å². The number of hydrogen-bond donors (Lipinski definition) is 1. The molecule has 1 rings (SSSR count). The summed E-state index contributed by atoms with van der Waals surface area (Å²) in [6, 6.07) is 0. The van der Waals surface area contributed by atoms with E-state index in [4.69, 9.17) is 0 Å². The number of hydrogen-bond acceptors (Lipinski definition) is 4. The zero-order chi connectivity index (χ0) is 16.9. The maximum Gasteiger partial charge on any atom is 0.161 e. The molecular weight excluding hydrogens is 290 g/mol. The van der Waals surface area contributed by atoms with Crippen molar-refractivity contribution < 1.29 is 14.7 Å². The minimum Gasteiger partial charge on any atom is -0.387 e. The maximum atomic E-state index is 11.8. The smallest absolute Gasteiger partial charge is 0.161 e. The normalized spacial score (nSPS) is 19.9. The van der Waals surface area contributed by atoms with Gasteiger partial charge in [-0.3, -0.25) is 14.6 Å². The summed E-state index contributed by atoms with van der Waals surface area (Å²) in [4.78, 5) is 27.8. The summed E-state index contributed by atoms with van der Waals surface area (Å²) in [5.41, 5.74) is 0.740. The molecule has 0 aromatic rings. The van der Waals surface area contributed by atoms with Gasteiger partial charge in [0.15, 0.2) is 5.78 Å². The van der Waals surface area contributed by atoms with Crippen molar-refractivity contribution in [1.82, 2.24) is 0 Å². The Hall–Kier alpha value is -1.03. The summed E-state index contributed by atoms with van der Waals surface area (Å²) in [6.45, 7) is 2.25. The number of nitrogens with zero attached hydrogens (tertiary/aromatic N) is 1. The molecule has 0 amide bonds. The molecule has 0 aromatic heterocycles. The predicted octanol–water partition coefficient (Wildman–Crippen LogP) is 4.03. The van der Waals surface area contributed by atoms with Gasteiger partial charge >= 0.3 is 0 Å². The fourth-order valence-corrected chi connectivity index (χ4v) is 2.99. The van der Waals surface area contributed by atoms with Crippen molar-refractivity contribution in [2.75, 3.05) is 6.54 Å². The Morgan fingerprint density at radius 3 is 2.43 bits per heavy atom. The Kier molecular flexibility index (Phi) is 10.8. The molecule has 132 valence electrons. The van der Waals surface area contributed by atoms with E-state index in [2.05, 4.69) is 11.9 Å². The molecule has 1 aliphatic rings. The van der Waals surface area contributed by atoms with Crippen LogP contribution in [0.5, 0.6) is 0 Å². The molecule has 0 unspecified atom stereocenters. The molecule has 0 radical (unpaired) electrons. The van der Waals surface area contributed by atoms with Crippen LogP contribution in [0.2, 0.25) is 0 Å². The lowest BCUT2D eigenvalue weighted by atomic mass is 9.95. The van der Waals surface area contributed by atoms with E-state index in [0.29, 0.717) is 6.42 Å². The van der Waals surface area contributed by atoms with E-state index in [1.807, 2.05) is 0 Å². The first-order valence-electron chi connectivity index (χ1n) is 9.38. The van der Waals surface area contributed by atoms with Crippen LogP contribution in [0.25, 0.3) is 0 Å². The summed E-state index contributed by atoms with van der Waals surface area (Å²) >= 11 is 0. The lowest BCUT2D eigenvalue weighted by Crippen LogP contribution is -2.25. The standard InChI is InChI=1S/C19H33NO3/c1-2-3-4-5-6-7-8-11-16(21)14-17(22)15-20-18-12-9-10-13-19(18)23/h19,23H,2-15H2,1H3/t19-/m0/s1. The molecule has 1 saturated carbocycles. The van der Waals surface area contributed by atoms with Crippen molar-refractivity contribution in [2.24, 2.45) is 4.99 Å². The number of ketones is 2. The molecule has 0 heterocycles. The number of aliphatic hydroxyl groups is 1. The molecular formula is C19H33NO3. The minimum absolute atomic E-state index is 0.00269. The first kappa shape index (κ1) is 20.0. The van der Waals surface area contributed by atoms with Crippen LogP contribution in [0.15, 0.2) is 4.99 Å². The SMILES string of the molecule is CCCCCCCCCC(=O)CC(=O)CN=C1CCCC[C@@H]1O. The van der Waals surface area contributed by atoms with Gasteiger partial charge in [0.05, 0.1) is 19.1 Å². The van der Waals surface area contributed by atoms with Gasteiger partial charge in [-0.15, -0.1) is 0 Å². The van der Waals surface area contributed by atoms with Gasteiger partial charge in [-0.05, 0) is 25.7 Å². The van der Waals surface area contributed by atoms with Crippen LogP contribution in [0, 0.1) is 0 Å². The molecule has 1 aliphatic carbocycles. The Bertz CT molecular complexity index is 390. The summed E-state index contributed by atoms with van der Waals surface area (Å²) in [7, 11) is 0. The number of Topliss-reactive ketones (excluding diaryl/α,β-unsaturated/α-hetero) is 2. The average Bonchev–Trinajstić information content (AvgIpc) is 2.53. The van der Waals surface area contributed by atoms with Crippen molar-refractivity contribution >= 4 is 17.3 Å². The van der Waals surface area contributed by atoms with E-state index in [9.17, 15) is 14.7 Å². The largest absolute Gasteiger partial charge is 0.387 e. The van der Waals surface area contributed by atoms with Gasteiger partial charge in [0.1, 0.15) is 5.78 Å². The fourth-order valence-electron chi connectivity index (χ4n) is 2.99. The van der Waals surface area contributed by atoms with Crippen LogP contribution >= 0.6 is 0 Å². The lowest BCUT2D eigenvalue weighted by molar-refractivity contribution is -0.126. The first-order chi connectivity index (χ1) is 11.1. The fraction of sp³-hybridized carbons (Fsp3) is 0.842. The third kappa shape index (κ3) is 9.65. The second-order valence-electron chi connectivity index (χ2n) is 6.69. The number of carbonyl (C=O) groups is 2. The zero-order valence-corrected chi connectivity index (χ0v) is 14.7. The maximum absolute atomic E-state index is 11.8. The third-order valence-electron chi connectivity index (χ3n) is 4.46. The van der Waals surface area contributed by atoms with Crippen LogP contribution in [0.4, 0.5) is 0 Å². The summed E-state index contributed by atoms with van der Waals surface area (Å²) in [5, 5.41) is 9.78. The van der Waals surface area contributed by atoms with E-state index < -0.39 is 6.10 Å². The Morgan fingerprint density at radius 1 is 1.04 bits per heavy atom. The molecule has 0 aliphatic heterocycles. The van der Waals surface area contributed by atoms with Gasteiger partial charge < -0.3 is 5.11 Å². The molecule has 23 heavy (non-hydrogen) atoms. The van der Waals surface area contributed by atoms with Crippen molar-refractivity contribution in [3.8, 4) is 0 Å². The second kappa shape index (κ2) is 12.4. The molecule has 1 fully saturated rings. The lowest BCUT2D eigenvalue weighted by Gasteiger charge is -2.18. The third-order valence-corrected chi connectivity index (χ3v) is 4.46. The number of aliphatic imine (C=N–C) groups is 1. The highest BCUT2D eigenvalue weighted by Gasteiger charge is 2.18. The average molecular weight is 323 g/mol. The molecule has 0 aromatic carbocycles. The highest BCUT2D eigenvalue weighted by atomic mass is 16.3. The van der Waals surface area contributed by atoms with Crippen LogP contribution in [0.1, 0.15) is 90.4 Å². The number of aliphatic hydroxyl groups excluding tert-OH is 1. The van der Waals surface area contributed by atoms with E-state index >= 15 is 0 Å². The van der Waals surface area contributed by atoms with E-state index in [0.717, 1.165) is 44.2 Å². The minimum atomic E-state index is -0.486. The van der Waals surface area contributed by atoms with Crippen molar-refractivity contribution in [1.29, 1.82) is 0 Å². The number of unbranched alkanes of at least 4 members (excludes halogenated alkanes) is 6. The highest BCUT2D eigenvalue weighted by Crippen LogP contribution is 2.16. The van der Waals surface area contributed by atoms with Gasteiger partial charge in [0.25, 0.3) is 0 Å². The summed E-state index contributed by atoms with van der Waals surface area (Å²) in [5.74, 6) is -0.0869. The van der Waals surface area contributed by atoms with Crippen LogP contribution in [0.3, 0.4) is 0 Å². The molecule has 4 nitrogen and oxygen atoms in total. The predicted molar refractivity (Wildman–Crippen MR) is 94.0 cm³/mol. The zero-order valence-electron chi connectivity index (χ0n) is 14.7. The van der Waals surface area contributed by atoms with E-state index in [1.165, 1.54) is 32.1 Å². The molecule has 0 saturated heterocycles. The van der Waals surface area contributed by atoms with Gasteiger partial charge in [-0.25, -0.2) is 0 Å². The quantitative estimate of drug-likeness (QED) is 0.435. The van der Waals surface area contributed by atoms with Gasteiger partial charge in [-0.1, -0.05) is 51.9 Å². The molecule has 1 atom stereocenters. The Labute approximate surface area is 140 Å². The summed E-state index contributed by atoms with van der Waals surface area (Å²) in [6.07, 6.45) is 11.8. The van der Waals surface area contributed by atoms with Crippen LogP contribution in [-0.4, -0.2) is 35.0 Å². The molecule has 1 N–H and O–H groups in total. The topological polar surface area (TPSA) is 66.7 Å². The van der Waals surface area contributed by atoms with Gasteiger partial charge in [-0.2, -0.15) is 0 Å². The molecule has 0 spiro atoms. The van der Waals surface area contributed by atoms with Crippen molar-refractivity contribution in [3.63, 3.8) is 0 Å². The molecule has 0 bridgehead atoms. The first-order valence-corrected chi connectivity index (χ1v) is 9.38. The number of rotatable bonds is 12. The highest BCUT2D eigenvalue weighted by molar-refractivity contribution is 6.01.